The molecule has 1 rings (SSSR count). The number of hydrogen-bond acceptors (Lipinski definition) is 2. The van der Waals surface area contributed by atoms with E-state index >= 15 is 0 Å². The fourth-order valence-corrected chi connectivity index (χ4v) is 3.90. The SMILES string of the molecule is CCCCCCCCCCNS(=O)(=O)c1ccc(CC(C)C)cc1. The number of hydrogen-bond donors (Lipinski definition) is 1. The highest BCUT2D eigenvalue weighted by Gasteiger charge is 2.12. The minimum Gasteiger partial charge on any atom is -0.211 e. The van der Waals surface area contributed by atoms with Crippen LogP contribution in [0, 0.1) is 5.92 Å². The summed E-state index contributed by atoms with van der Waals surface area (Å²) in [6.07, 6.45) is 10.7. The number of nitrogens with one attached hydrogen (secondary N) is 1. The van der Waals surface area contributed by atoms with Gasteiger partial charge in [-0.15, -0.1) is 0 Å². The van der Waals surface area contributed by atoms with Crippen molar-refractivity contribution < 1.29 is 8.42 Å². The van der Waals surface area contributed by atoms with Crippen LogP contribution in [0.2, 0.25) is 0 Å². The van der Waals surface area contributed by atoms with E-state index in [0.717, 1.165) is 19.3 Å². The van der Waals surface area contributed by atoms with Gasteiger partial charge in [-0.3, -0.25) is 0 Å². The van der Waals surface area contributed by atoms with E-state index < -0.39 is 10.0 Å². The lowest BCUT2D eigenvalue weighted by atomic mass is 10.0. The van der Waals surface area contributed by atoms with Crippen molar-refractivity contribution in [3.63, 3.8) is 0 Å². The van der Waals surface area contributed by atoms with Crippen LogP contribution >= 0.6 is 0 Å². The predicted molar refractivity (Wildman–Crippen MR) is 103 cm³/mol. The van der Waals surface area contributed by atoms with Crippen molar-refractivity contribution in [2.75, 3.05) is 6.54 Å². The molecule has 0 spiro atoms. The smallest absolute Gasteiger partial charge is 0.211 e. The molecule has 138 valence electrons. The minimum atomic E-state index is -3.36. The van der Waals surface area contributed by atoms with Crippen LogP contribution in [0.4, 0.5) is 0 Å². The predicted octanol–water partition coefficient (Wildman–Crippen LogP) is 5.30. The van der Waals surface area contributed by atoms with Gasteiger partial charge in [-0.2, -0.15) is 0 Å². The van der Waals surface area contributed by atoms with Crippen LogP contribution in [0.5, 0.6) is 0 Å². The Morgan fingerprint density at radius 1 is 0.875 bits per heavy atom. The molecule has 0 amide bonds. The molecule has 0 fully saturated rings. The maximum atomic E-state index is 12.3. The maximum absolute atomic E-state index is 12.3. The van der Waals surface area contributed by atoms with Gasteiger partial charge in [0.1, 0.15) is 0 Å². The third kappa shape index (κ3) is 8.84. The molecule has 1 N–H and O–H groups in total. The highest BCUT2D eigenvalue weighted by molar-refractivity contribution is 7.89. The molecule has 0 atom stereocenters. The molecule has 0 bridgehead atoms. The van der Waals surface area contributed by atoms with E-state index in [9.17, 15) is 8.42 Å². The summed E-state index contributed by atoms with van der Waals surface area (Å²) in [5, 5.41) is 0. The van der Waals surface area contributed by atoms with Crippen molar-refractivity contribution in [2.24, 2.45) is 5.92 Å². The van der Waals surface area contributed by atoms with E-state index in [4.69, 9.17) is 0 Å². The highest BCUT2D eigenvalue weighted by atomic mass is 32.2. The molecule has 0 radical (unpaired) electrons. The van der Waals surface area contributed by atoms with Gasteiger partial charge in [0.05, 0.1) is 4.90 Å². The summed E-state index contributed by atoms with van der Waals surface area (Å²) in [6, 6.07) is 7.28. The third-order valence-electron chi connectivity index (χ3n) is 4.20. The van der Waals surface area contributed by atoms with E-state index in [1.807, 2.05) is 12.1 Å². The van der Waals surface area contributed by atoms with Crippen LogP contribution in [-0.4, -0.2) is 15.0 Å². The van der Waals surface area contributed by atoms with Gasteiger partial charge in [0.25, 0.3) is 0 Å². The van der Waals surface area contributed by atoms with Gasteiger partial charge >= 0.3 is 0 Å². The first kappa shape index (κ1) is 21.2. The number of unbranched alkanes of at least 4 members (excludes halogenated alkanes) is 7. The number of sulfonamides is 1. The number of benzene rings is 1. The normalized spacial score (nSPS) is 12.0. The zero-order valence-electron chi connectivity index (χ0n) is 15.7. The molecule has 0 aliphatic rings. The van der Waals surface area contributed by atoms with Gasteiger partial charge in [-0.05, 0) is 36.5 Å². The Labute approximate surface area is 149 Å². The average Bonchev–Trinajstić information content (AvgIpc) is 2.53. The Morgan fingerprint density at radius 2 is 1.42 bits per heavy atom. The van der Waals surface area contributed by atoms with Crippen molar-refractivity contribution in [3.05, 3.63) is 29.8 Å². The molecule has 0 unspecified atom stereocenters. The van der Waals surface area contributed by atoms with Gasteiger partial charge in [0, 0.05) is 6.54 Å². The molecule has 0 aliphatic heterocycles. The molecule has 0 saturated carbocycles. The van der Waals surface area contributed by atoms with E-state index in [1.165, 1.54) is 44.1 Å². The van der Waals surface area contributed by atoms with Crippen molar-refractivity contribution in [2.45, 2.75) is 83.5 Å². The summed E-state index contributed by atoms with van der Waals surface area (Å²) in [5.74, 6) is 0.576. The molecule has 24 heavy (non-hydrogen) atoms. The topological polar surface area (TPSA) is 46.2 Å². The molecule has 1 aromatic carbocycles. The Balaban J connectivity index is 2.26. The number of rotatable bonds is 13. The second-order valence-electron chi connectivity index (χ2n) is 7.11. The Bertz CT molecular complexity index is 535. The molecule has 4 heteroatoms. The molecule has 0 heterocycles. The molecule has 3 nitrogen and oxygen atoms in total. The fourth-order valence-electron chi connectivity index (χ4n) is 2.82. The summed E-state index contributed by atoms with van der Waals surface area (Å²) in [7, 11) is -3.36. The van der Waals surface area contributed by atoms with Crippen LogP contribution < -0.4 is 4.72 Å². The van der Waals surface area contributed by atoms with Gasteiger partial charge in [0.2, 0.25) is 10.0 Å². The monoisotopic (exact) mass is 353 g/mol. The molecular weight excluding hydrogens is 318 g/mol. The van der Waals surface area contributed by atoms with Crippen molar-refractivity contribution in [1.29, 1.82) is 0 Å². The highest BCUT2D eigenvalue weighted by Crippen LogP contribution is 2.14. The lowest BCUT2D eigenvalue weighted by molar-refractivity contribution is 0.559. The molecular formula is C20H35NO2S. The lowest BCUT2D eigenvalue weighted by Crippen LogP contribution is -2.24. The zero-order valence-corrected chi connectivity index (χ0v) is 16.5. The van der Waals surface area contributed by atoms with Gasteiger partial charge < -0.3 is 0 Å². The first-order chi connectivity index (χ1) is 11.5. The first-order valence-electron chi connectivity index (χ1n) is 9.54. The largest absolute Gasteiger partial charge is 0.240 e. The van der Waals surface area contributed by atoms with Crippen LogP contribution in [0.15, 0.2) is 29.2 Å². The maximum Gasteiger partial charge on any atom is 0.240 e. The van der Waals surface area contributed by atoms with Crippen molar-refractivity contribution in [3.8, 4) is 0 Å². The minimum absolute atomic E-state index is 0.370. The summed E-state index contributed by atoms with van der Waals surface area (Å²) in [5.41, 5.74) is 1.19. The summed E-state index contributed by atoms with van der Waals surface area (Å²) >= 11 is 0. The van der Waals surface area contributed by atoms with E-state index in [1.54, 1.807) is 12.1 Å². The standard InChI is InChI=1S/C20H35NO2S/c1-4-5-6-7-8-9-10-11-16-21-24(22,23)20-14-12-19(13-15-20)17-18(2)3/h12-15,18,21H,4-11,16-17H2,1-3H3. The van der Waals surface area contributed by atoms with Crippen LogP contribution in [-0.2, 0) is 16.4 Å². The average molecular weight is 354 g/mol. The van der Waals surface area contributed by atoms with E-state index in [-0.39, 0.29) is 0 Å². The van der Waals surface area contributed by atoms with Crippen molar-refractivity contribution >= 4 is 10.0 Å². The first-order valence-corrected chi connectivity index (χ1v) is 11.0. The van der Waals surface area contributed by atoms with E-state index in [2.05, 4.69) is 25.5 Å². The quantitative estimate of drug-likeness (QED) is 0.489. The molecule has 0 aromatic heterocycles. The zero-order chi connectivity index (χ0) is 17.8. The summed E-state index contributed by atoms with van der Waals surface area (Å²) in [4.78, 5) is 0.370. The lowest BCUT2D eigenvalue weighted by Gasteiger charge is -2.09. The fraction of sp³-hybridized carbons (Fsp3) is 0.700. The van der Waals surface area contributed by atoms with E-state index in [0.29, 0.717) is 17.4 Å². The molecule has 0 aliphatic carbocycles. The molecule has 0 saturated heterocycles. The third-order valence-corrected chi connectivity index (χ3v) is 5.68. The Kier molecular flexibility index (Phi) is 10.3. The summed E-state index contributed by atoms with van der Waals surface area (Å²) in [6.45, 7) is 7.08. The van der Waals surface area contributed by atoms with Gasteiger partial charge in [0.15, 0.2) is 0 Å². The molecule has 1 aromatic rings. The second kappa shape index (κ2) is 11.6. The van der Waals surface area contributed by atoms with Crippen LogP contribution in [0.1, 0.15) is 77.7 Å². The van der Waals surface area contributed by atoms with Crippen molar-refractivity contribution in [1.82, 2.24) is 4.72 Å². The Morgan fingerprint density at radius 3 is 1.96 bits per heavy atom. The van der Waals surface area contributed by atoms with Gasteiger partial charge in [-0.1, -0.05) is 77.8 Å². The second-order valence-corrected chi connectivity index (χ2v) is 8.88. The Hall–Kier alpha value is -0.870. The van der Waals surface area contributed by atoms with Crippen LogP contribution in [0.25, 0.3) is 0 Å². The summed E-state index contributed by atoms with van der Waals surface area (Å²) < 4.78 is 27.2. The van der Waals surface area contributed by atoms with Crippen LogP contribution in [0.3, 0.4) is 0 Å². The van der Waals surface area contributed by atoms with Gasteiger partial charge in [-0.25, -0.2) is 13.1 Å².